The second-order valence-electron chi connectivity index (χ2n) is 5.38. The molecule has 116 valence electrons. The number of nitrogens with zero attached hydrogens (tertiary/aromatic N) is 3. The number of likely N-dealkylation sites (N-methyl/N-ethyl adjacent to an activating group) is 2. The minimum atomic E-state index is -0.422. The van der Waals surface area contributed by atoms with Gasteiger partial charge in [-0.2, -0.15) is 0 Å². The van der Waals surface area contributed by atoms with Crippen LogP contribution in [0.1, 0.15) is 0 Å². The maximum atomic E-state index is 11.2. The molecule has 1 saturated heterocycles. The van der Waals surface area contributed by atoms with Crippen molar-refractivity contribution in [1.82, 2.24) is 9.80 Å². The van der Waals surface area contributed by atoms with E-state index in [9.17, 15) is 10.1 Å². The maximum Gasteiger partial charge on any atom is 0.316 e. The maximum absolute atomic E-state index is 11.2. The fourth-order valence-corrected chi connectivity index (χ4v) is 2.55. The van der Waals surface area contributed by atoms with Crippen LogP contribution in [0.4, 0.5) is 17.1 Å². The second kappa shape index (κ2) is 6.70. The number of nitro groups is 1. The van der Waals surface area contributed by atoms with Crippen molar-refractivity contribution in [3.05, 3.63) is 28.3 Å². The molecule has 1 heterocycles. The van der Waals surface area contributed by atoms with E-state index in [-0.39, 0.29) is 5.69 Å². The lowest BCUT2D eigenvalue weighted by atomic mass is 10.1. The first-order valence-electron chi connectivity index (χ1n) is 6.89. The van der Waals surface area contributed by atoms with Crippen LogP contribution in [-0.4, -0.2) is 61.0 Å². The molecular formula is C13H22N6O2. The minimum Gasteiger partial charge on any atom is -0.378 e. The minimum absolute atomic E-state index is 0.0215. The Kier molecular flexibility index (Phi) is 4.94. The zero-order valence-corrected chi connectivity index (χ0v) is 12.4. The summed E-state index contributed by atoms with van der Waals surface area (Å²) in [6.07, 6.45) is 0. The van der Waals surface area contributed by atoms with Gasteiger partial charge in [-0.1, -0.05) is 6.07 Å². The zero-order chi connectivity index (χ0) is 15.4. The first-order chi connectivity index (χ1) is 10.0. The van der Waals surface area contributed by atoms with E-state index in [1.54, 1.807) is 18.2 Å². The van der Waals surface area contributed by atoms with Gasteiger partial charge in [0, 0.05) is 32.2 Å². The van der Waals surface area contributed by atoms with Crippen LogP contribution in [0.5, 0.6) is 0 Å². The summed E-state index contributed by atoms with van der Waals surface area (Å²) in [6, 6.07) is 5.34. The van der Waals surface area contributed by atoms with Crippen molar-refractivity contribution < 1.29 is 4.92 Å². The summed E-state index contributed by atoms with van der Waals surface area (Å²) in [7, 11) is 4.16. The van der Waals surface area contributed by atoms with Gasteiger partial charge in [-0.05, 0) is 26.2 Å². The topological polar surface area (TPSA) is 99.7 Å². The quantitative estimate of drug-likeness (QED) is 0.414. The third-order valence-corrected chi connectivity index (χ3v) is 3.88. The largest absolute Gasteiger partial charge is 0.378 e. The van der Waals surface area contributed by atoms with E-state index in [0.717, 1.165) is 19.6 Å². The number of hydrogen-bond acceptors (Lipinski definition) is 7. The molecular weight excluding hydrogens is 272 g/mol. The molecule has 1 unspecified atom stereocenters. The highest BCUT2D eigenvalue weighted by Crippen LogP contribution is 2.32. The number of rotatable bonds is 5. The van der Waals surface area contributed by atoms with E-state index in [1.807, 2.05) is 0 Å². The summed E-state index contributed by atoms with van der Waals surface area (Å²) < 4.78 is 0. The second-order valence-corrected chi connectivity index (χ2v) is 5.38. The van der Waals surface area contributed by atoms with E-state index < -0.39 is 4.92 Å². The van der Waals surface area contributed by atoms with E-state index in [1.165, 1.54) is 0 Å². The Labute approximate surface area is 124 Å². The van der Waals surface area contributed by atoms with Gasteiger partial charge < -0.3 is 15.6 Å². The molecule has 0 amide bonds. The van der Waals surface area contributed by atoms with Crippen molar-refractivity contribution in [3.63, 3.8) is 0 Å². The van der Waals surface area contributed by atoms with Crippen LogP contribution in [-0.2, 0) is 0 Å². The smallest absolute Gasteiger partial charge is 0.316 e. The van der Waals surface area contributed by atoms with Gasteiger partial charge in [0.2, 0.25) is 0 Å². The van der Waals surface area contributed by atoms with Crippen LogP contribution >= 0.6 is 0 Å². The number of hydrogen-bond donors (Lipinski definition) is 3. The van der Waals surface area contributed by atoms with E-state index in [4.69, 9.17) is 5.84 Å². The van der Waals surface area contributed by atoms with Crippen molar-refractivity contribution in [2.75, 3.05) is 51.0 Å². The summed E-state index contributed by atoms with van der Waals surface area (Å²) in [4.78, 5) is 15.3. The third kappa shape index (κ3) is 3.60. The van der Waals surface area contributed by atoms with Crippen molar-refractivity contribution in [3.8, 4) is 0 Å². The molecule has 1 aromatic rings. The number of hydrazine groups is 1. The average molecular weight is 294 g/mol. The lowest BCUT2D eigenvalue weighted by molar-refractivity contribution is -0.383. The highest BCUT2D eigenvalue weighted by molar-refractivity contribution is 5.75. The predicted octanol–water partition coefficient (Wildman–Crippen LogP) is 0.538. The third-order valence-electron chi connectivity index (χ3n) is 3.88. The van der Waals surface area contributed by atoms with Crippen LogP contribution in [0.2, 0.25) is 0 Å². The van der Waals surface area contributed by atoms with Crippen molar-refractivity contribution in [2.24, 2.45) is 5.84 Å². The molecule has 0 aliphatic carbocycles. The Hall–Kier alpha value is -1.90. The number of nitrogens with one attached hydrogen (secondary N) is 2. The average Bonchev–Trinajstić information content (AvgIpc) is 2.47. The number of benzene rings is 1. The molecule has 0 saturated carbocycles. The molecule has 1 aromatic carbocycles. The number of para-hydroxylation sites is 1. The van der Waals surface area contributed by atoms with Crippen LogP contribution in [0.25, 0.3) is 0 Å². The Bertz CT molecular complexity index is 509. The molecule has 1 atom stereocenters. The summed E-state index contributed by atoms with van der Waals surface area (Å²) in [5.41, 5.74) is 3.14. The molecule has 1 aliphatic heterocycles. The number of anilines is 2. The van der Waals surface area contributed by atoms with Gasteiger partial charge in [0.1, 0.15) is 11.4 Å². The monoisotopic (exact) mass is 294 g/mol. The van der Waals surface area contributed by atoms with E-state index in [0.29, 0.717) is 24.0 Å². The summed E-state index contributed by atoms with van der Waals surface area (Å²) in [6.45, 7) is 3.62. The highest BCUT2D eigenvalue weighted by Gasteiger charge is 2.24. The number of nitrogen functional groups attached to an aromatic ring is 1. The highest BCUT2D eigenvalue weighted by atomic mass is 16.6. The van der Waals surface area contributed by atoms with Crippen molar-refractivity contribution in [1.29, 1.82) is 0 Å². The molecule has 1 aliphatic rings. The normalized spacial score (nSPS) is 20.2. The molecule has 0 spiro atoms. The lowest BCUT2D eigenvalue weighted by Crippen LogP contribution is -2.52. The molecule has 8 heteroatoms. The molecule has 8 nitrogen and oxygen atoms in total. The van der Waals surface area contributed by atoms with Crippen molar-refractivity contribution in [2.45, 2.75) is 6.04 Å². The van der Waals surface area contributed by atoms with Gasteiger partial charge in [0.25, 0.3) is 0 Å². The Balaban J connectivity index is 2.11. The molecule has 2 rings (SSSR count). The fourth-order valence-electron chi connectivity index (χ4n) is 2.55. The van der Waals surface area contributed by atoms with Gasteiger partial charge in [0.15, 0.2) is 0 Å². The standard InChI is InChI=1S/C13H22N6O2/c1-17-6-7-18(2)10(9-17)8-15-11-4-3-5-12(16-14)13(11)19(20)21/h3-5,10,15-16H,6-9,14H2,1-2H3. The molecule has 4 N–H and O–H groups in total. The van der Waals surface area contributed by atoms with Gasteiger partial charge in [-0.25, -0.2) is 0 Å². The first-order valence-corrected chi connectivity index (χ1v) is 6.89. The molecule has 1 fully saturated rings. The summed E-state index contributed by atoms with van der Waals surface area (Å²) in [5.74, 6) is 5.34. The van der Waals surface area contributed by atoms with E-state index in [2.05, 4.69) is 34.6 Å². The Morgan fingerprint density at radius 2 is 2.10 bits per heavy atom. The van der Waals surface area contributed by atoms with Gasteiger partial charge in [0.05, 0.1) is 4.92 Å². The molecule has 0 radical (unpaired) electrons. The van der Waals surface area contributed by atoms with Crippen LogP contribution in [0, 0.1) is 10.1 Å². The number of piperazine rings is 1. The SMILES string of the molecule is CN1CCN(C)C(CNc2cccc(NN)c2[N+](=O)[O-])C1. The predicted molar refractivity (Wildman–Crippen MR) is 83.3 cm³/mol. The van der Waals surface area contributed by atoms with Crippen LogP contribution in [0.15, 0.2) is 18.2 Å². The van der Waals surface area contributed by atoms with Gasteiger partial charge in [-0.15, -0.1) is 0 Å². The van der Waals surface area contributed by atoms with Gasteiger partial charge >= 0.3 is 5.69 Å². The summed E-state index contributed by atoms with van der Waals surface area (Å²) in [5, 5.41) is 14.4. The molecule has 21 heavy (non-hydrogen) atoms. The van der Waals surface area contributed by atoms with Crippen LogP contribution in [0.3, 0.4) is 0 Å². The van der Waals surface area contributed by atoms with Crippen molar-refractivity contribution >= 4 is 17.1 Å². The number of nitro benzene ring substituents is 1. The molecule has 0 aromatic heterocycles. The zero-order valence-electron chi connectivity index (χ0n) is 12.4. The summed E-state index contributed by atoms with van der Waals surface area (Å²) >= 11 is 0. The fraction of sp³-hybridized carbons (Fsp3) is 0.538. The van der Waals surface area contributed by atoms with Crippen LogP contribution < -0.4 is 16.6 Å². The Morgan fingerprint density at radius 3 is 2.76 bits per heavy atom. The lowest BCUT2D eigenvalue weighted by Gasteiger charge is -2.37. The first kappa shape index (κ1) is 15.5. The Morgan fingerprint density at radius 1 is 1.38 bits per heavy atom. The molecule has 0 bridgehead atoms. The van der Waals surface area contributed by atoms with E-state index >= 15 is 0 Å². The number of nitrogens with two attached hydrogens (primary N) is 1. The van der Waals surface area contributed by atoms with Gasteiger partial charge in [-0.3, -0.25) is 20.9 Å².